The Hall–Kier alpha value is -2.16. The molecule has 3 rings (SSSR count). The molecule has 2 aromatic carbocycles. The van der Waals surface area contributed by atoms with E-state index in [1.807, 2.05) is 24.3 Å². The first-order valence-electron chi connectivity index (χ1n) is 7.74. The zero-order valence-corrected chi connectivity index (χ0v) is 17.3. The normalized spacial score (nSPS) is 11.4. The molecule has 140 valence electrons. The molecule has 1 heterocycles. The molecule has 0 atom stereocenters. The molecule has 0 saturated heterocycles. The van der Waals surface area contributed by atoms with Gasteiger partial charge in [-0.1, -0.05) is 45.7 Å². The van der Waals surface area contributed by atoms with E-state index in [4.69, 9.17) is 11.6 Å². The Morgan fingerprint density at radius 2 is 1.89 bits per heavy atom. The minimum Gasteiger partial charge on any atom is -0.449 e. The standard InChI is InChI=1S/C18H14BrClN2O4S/c1-12(23)26-11-27(24,25)16-7-5-13(6-8-16)17-10-18(20)21-22(17)15-4-2-3-14(19)9-15/h2-10H,11H2,1H3. The smallest absolute Gasteiger partial charge is 0.303 e. The van der Waals surface area contributed by atoms with Crippen LogP contribution in [-0.2, 0) is 19.4 Å². The maximum absolute atomic E-state index is 12.2. The van der Waals surface area contributed by atoms with Crippen molar-refractivity contribution in [2.45, 2.75) is 11.8 Å². The van der Waals surface area contributed by atoms with Crippen LogP contribution < -0.4 is 0 Å². The number of sulfone groups is 1. The first-order valence-corrected chi connectivity index (χ1v) is 10.6. The van der Waals surface area contributed by atoms with Crippen LogP contribution in [0.5, 0.6) is 0 Å². The van der Waals surface area contributed by atoms with Gasteiger partial charge in [-0.2, -0.15) is 5.10 Å². The van der Waals surface area contributed by atoms with Crippen LogP contribution in [0.25, 0.3) is 16.9 Å². The molecule has 6 nitrogen and oxygen atoms in total. The van der Waals surface area contributed by atoms with Gasteiger partial charge < -0.3 is 4.74 Å². The third-order valence-corrected chi connectivity index (χ3v) is 5.76. The van der Waals surface area contributed by atoms with Crippen molar-refractivity contribution >= 4 is 43.3 Å². The lowest BCUT2D eigenvalue weighted by molar-refractivity contribution is -0.138. The molecule has 0 spiro atoms. The highest BCUT2D eigenvalue weighted by atomic mass is 79.9. The molecule has 9 heteroatoms. The summed E-state index contributed by atoms with van der Waals surface area (Å²) in [5.74, 6) is -1.34. The fourth-order valence-electron chi connectivity index (χ4n) is 2.42. The molecule has 0 aliphatic heterocycles. The zero-order valence-electron chi connectivity index (χ0n) is 14.1. The van der Waals surface area contributed by atoms with E-state index < -0.39 is 21.7 Å². The van der Waals surface area contributed by atoms with Crippen molar-refractivity contribution in [3.8, 4) is 16.9 Å². The molecule has 27 heavy (non-hydrogen) atoms. The molecule has 0 unspecified atom stereocenters. The molecule has 0 bridgehead atoms. The summed E-state index contributed by atoms with van der Waals surface area (Å²) in [4.78, 5) is 10.9. The summed E-state index contributed by atoms with van der Waals surface area (Å²) in [7, 11) is -3.71. The highest BCUT2D eigenvalue weighted by Crippen LogP contribution is 2.28. The van der Waals surface area contributed by atoms with E-state index in [1.54, 1.807) is 22.9 Å². The molecular weight excluding hydrogens is 456 g/mol. The van der Waals surface area contributed by atoms with Gasteiger partial charge in [0.2, 0.25) is 9.84 Å². The van der Waals surface area contributed by atoms with Gasteiger partial charge in [0.25, 0.3) is 0 Å². The second-order valence-corrected chi connectivity index (χ2v) is 8.88. The summed E-state index contributed by atoms with van der Waals surface area (Å²) in [6, 6.07) is 15.5. The number of carbonyl (C=O) groups is 1. The van der Waals surface area contributed by atoms with Gasteiger partial charge in [0.15, 0.2) is 11.1 Å². The third kappa shape index (κ3) is 4.58. The Morgan fingerprint density at radius 1 is 1.19 bits per heavy atom. The topological polar surface area (TPSA) is 78.3 Å². The summed E-state index contributed by atoms with van der Waals surface area (Å²) in [6.45, 7) is 1.16. The van der Waals surface area contributed by atoms with Gasteiger partial charge in [-0.05, 0) is 30.3 Å². The van der Waals surface area contributed by atoms with Crippen molar-refractivity contribution in [2.24, 2.45) is 0 Å². The van der Waals surface area contributed by atoms with Gasteiger partial charge in [-0.15, -0.1) is 0 Å². The Labute approximate surface area is 169 Å². The number of benzene rings is 2. The number of aromatic nitrogens is 2. The number of hydrogen-bond donors (Lipinski definition) is 0. The largest absolute Gasteiger partial charge is 0.449 e. The Morgan fingerprint density at radius 3 is 2.52 bits per heavy atom. The van der Waals surface area contributed by atoms with E-state index in [2.05, 4.69) is 25.8 Å². The summed E-state index contributed by atoms with van der Waals surface area (Å²) in [5.41, 5.74) is 2.25. The van der Waals surface area contributed by atoms with Crippen molar-refractivity contribution in [2.75, 3.05) is 5.94 Å². The van der Waals surface area contributed by atoms with Gasteiger partial charge in [0, 0.05) is 23.0 Å². The lowest BCUT2D eigenvalue weighted by atomic mass is 10.1. The zero-order chi connectivity index (χ0) is 19.6. The third-order valence-electron chi connectivity index (χ3n) is 3.66. The van der Waals surface area contributed by atoms with Crippen molar-refractivity contribution in [3.63, 3.8) is 0 Å². The van der Waals surface area contributed by atoms with Crippen LogP contribution in [0.3, 0.4) is 0 Å². The fourth-order valence-corrected chi connectivity index (χ4v) is 4.00. The summed E-state index contributed by atoms with van der Waals surface area (Å²) in [6.07, 6.45) is 0. The van der Waals surface area contributed by atoms with Crippen LogP contribution in [0.4, 0.5) is 0 Å². The van der Waals surface area contributed by atoms with Gasteiger partial charge >= 0.3 is 5.97 Å². The van der Waals surface area contributed by atoms with Crippen molar-refractivity contribution < 1.29 is 17.9 Å². The van der Waals surface area contributed by atoms with E-state index in [0.29, 0.717) is 10.8 Å². The van der Waals surface area contributed by atoms with E-state index in [-0.39, 0.29) is 4.90 Å². The molecule has 3 aromatic rings. The second kappa shape index (κ2) is 7.84. The Balaban J connectivity index is 1.96. The van der Waals surface area contributed by atoms with Gasteiger partial charge in [-0.25, -0.2) is 13.1 Å². The Bertz CT molecular complexity index is 1090. The van der Waals surface area contributed by atoms with Crippen molar-refractivity contribution in [3.05, 3.63) is 64.2 Å². The van der Waals surface area contributed by atoms with Gasteiger partial charge in [-0.3, -0.25) is 4.79 Å². The predicted octanol–water partition coefficient (Wildman–Crippen LogP) is 4.25. The predicted molar refractivity (Wildman–Crippen MR) is 106 cm³/mol. The fraction of sp³-hybridized carbons (Fsp3) is 0.111. The molecule has 0 amide bonds. The molecule has 0 fully saturated rings. The van der Waals surface area contributed by atoms with Crippen molar-refractivity contribution in [1.29, 1.82) is 0 Å². The van der Waals surface area contributed by atoms with Crippen LogP contribution in [0, 0.1) is 0 Å². The number of ether oxygens (including phenoxy) is 1. The van der Waals surface area contributed by atoms with Crippen LogP contribution in [0.1, 0.15) is 6.92 Å². The highest BCUT2D eigenvalue weighted by molar-refractivity contribution is 9.10. The number of carbonyl (C=O) groups excluding carboxylic acids is 1. The molecule has 0 aliphatic carbocycles. The molecule has 1 aromatic heterocycles. The number of halogens is 2. The number of nitrogens with zero attached hydrogens (tertiary/aromatic N) is 2. The minimum absolute atomic E-state index is 0.0621. The lowest BCUT2D eigenvalue weighted by Crippen LogP contribution is -2.12. The highest BCUT2D eigenvalue weighted by Gasteiger charge is 2.17. The molecule has 0 aliphatic rings. The second-order valence-electron chi connectivity index (χ2n) is 5.64. The Kier molecular flexibility index (Phi) is 5.69. The van der Waals surface area contributed by atoms with E-state index in [9.17, 15) is 13.2 Å². The van der Waals surface area contributed by atoms with Crippen LogP contribution in [0.15, 0.2) is 64.0 Å². The quantitative estimate of drug-likeness (QED) is 0.522. The first kappa shape index (κ1) is 19.6. The molecule has 0 radical (unpaired) electrons. The SMILES string of the molecule is CC(=O)OCS(=O)(=O)c1ccc(-c2cc(Cl)nn2-c2cccc(Br)c2)cc1. The summed E-state index contributed by atoms with van der Waals surface area (Å²) >= 11 is 9.52. The monoisotopic (exact) mass is 468 g/mol. The summed E-state index contributed by atoms with van der Waals surface area (Å²) in [5, 5.41) is 4.62. The van der Waals surface area contributed by atoms with Crippen LogP contribution in [0.2, 0.25) is 5.15 Å². The molecular formula is C18H14BrClN2O4S. The van der Waals surface area contributed by atoms with E-state index >= 15 is 0 Å². The lowest BCUT2D eigenvalue weighted by Gasteiger charge is -2.09. The van der Waals surface area contributed by atoms with Crippen LogP contribution >= 0.6 is 27.5 Å². The van der Waals surface area contributed by atoms with E-state index in [1.165, 1.54) is 12.1 Å². The average Bonchev–Trinajstić information content (AvgIpc) is 3.02. The first-order chi connectivity index (χ1) is 12.8. The maximum Gasteiger partial charge on any atom is 0.303 e. The number of esters is 1. The van der Waals surface area contributed by atoms with Crippen molar-refractivity contribution in [1.82, 2.24) is 9.78 Å². The molecule has 0 saturated carbocycles. The minimum atomic E-state index is -3.71. The molecule has 0 N–H and O–H groups in total. The van der Waals surface area contributed by atoms with E-state index in [0.717, 1.165) is 22.6 Å². The van der Waals surface area contributed by atoms with Gasteiger partial charge in [0.1, 0.15) is 0 Å². The maximum atomic E-state index is 12.2. The average molecular weight is 470 g/mol. The summed E-state index contributed by atoms with van der Waals surface area (Å²) < 4.78 is 31.6. The van der Waals surface area contributed by atoms with Crippen LogP contribution in [-0.4, -0.2) is 30.1 Å². The number of hydrogen-bond acceptors (Lipinski definition) is 5. The number of rotatable bonds is 5. The van der Waals surface area contributed by atoms with Gasteiger partial charge in [0.05, 0.1) is 16.3 Å².